The Kier molecular flexibility index (Phi) is 7.84. The number of halogens is 1. The molecule has 1 saturated carbocycles. The van der Waals surface area contributed by atoms with Crippen LogP contribution < -0.4 is 18.9 Å². The van der Waals surface area contributed by atoms with Gasteiger partial charge in [-0.3, -0.25) is 4.90 Å². The molecule has 0 radical (unpaired) electrons. The fourth-order valence-electron chi connectivity index (χ4n) is 5.62. The molecule has 1 unspecified atom stereocenters. The molecule has 5 nitrogen and oxygen atoms in total. The van der Waals surface area contributed by atoms with Gasteiger partial charge in [0.05, 0.1) is 28.4 Å². The Balaban J connectivity index is 0.00000289. The molecule has 1 fully saturated rings. The number of nitrogens with zero attached hydrogens (tertiary/aromatic N) is 1. The first-order valence-electron chi connectivity index (χ1n) is 11.2. The zero-order valence-electron chi connectivity index (χ0n) is 19.9. The van der Waals surface area contributed by atoms with E-state index >= 15 is 0 Å². The molecule has 1 aliphatic carbocycles. The van der Waals surface area contributed by atoms with Gasteiger partial charge in [-0.15, -0.1) is 12.4 Å². The number of methoxy groups -OCH3 is 4. The van der Waals surface area contributed by atoms with Crippen molar-refractivity contribution in [3.05, 3.63) is 47.0 Å². The first-order chi connectivity index (χ1) is 15.0. The number of likely N-dealkylation sites (N-methyl/N-ethyl adjacent to an activating group) is 1. The predicted molar refractivity (Wildman–Crippen MR) is 130 cm³/mol. The van der Waals surface area contributed by atoms with Crippen LogP contribution in [-0.4, -0.2) is 46.9 Å². The van der Waals surface area contributed by atoms with E-state index in [1.807, 2.05) is 6.07 Å². The molecule has 2 aromatic carbocycles. The molecule has 32 heavy (non-hydrogen) atoms. The van der Waals surface area contributed by atoms with Crippen LogP contribution in [0.2, 0.25) is 0 Å². The molecular weight excluding hydrogens is 426 g/mol. The number of hydrogen-bond donors (Lipinski definition) is 0. The Morgan fingerprint density at radius 3 is 2.03 bits per heavy atom. The van der Waals surface area contributed by atoms with Crippen molar-refractivity contribution in [1.29, 1.82) is 0 Å². The average molecular weight is 462 g/mol. The molecule has 1 aliphatic heterocycles. The van der Waals surface area contributed by atoms with Gasteiger partial charge < -0.3 is 18.9 Å². The van der Waals surface area contributed by atoms with E-state index in [1.165, 1.54) is 48.8 Å². The lowest BCUT2D eigenvalue weighted by Gasteiger charge is -2.31. The molecule has 2 aliphatic rings. The second-order valence-corrected chi connectivity index (χ2v) is 8.92. The van der Waals surface area contributed by atoms with E-state index in [0.717, 1.165) is 36.0 Å². The standard InChI is InChI=1S/C26H35NO4.ClH/c1-27-13-12-26(10-6-7-11-26)20-17-25(31-5)24(30-4)16-19(20)21(27)14-18-8-9-22(28-2)23(15-18)29-3;/h8-9,15-17,21H,6-7,10-14H2,1-5H3;1H. The zero-order chi connectivity index (χ0) is 22.0. The largest absolute Gasteiger partial charge is 0.493 e. The number of benzene rings is 2. The highest BCUT2D eigenvalue weighted by molar-refractivity contribution is 5.85. The van der Waals surface area contributed by atoms with Gasteiger partial charge in [-0.2, -0.15) is 0 Å². The van der Waals surface area contributed by atoms with Crippen molar-refractivity contribution in [3.63, 3.8) is 0 Å². The third-order valence-corrected chi connectivity index (χ3v) is 7.40. The van der Waals surface area contributed by atoms with Gasteiger partial charge >= 0.3 is 0 Å². The highest BCUT2D eigenvalue weighted by atomic mass is 35.5. The van der Waals surface area contributed by atoms with Crippen molar-refractivity contribution in [3.8, 4) is 23.0 Å². The van der Waals surface area contributed by atoms with Crippen molar-refractivity contribution < 1.29 is 18.9 Å². The van der Waals surface area contributed by atoms with E-state index in [-0.39, 0.29) is 23.9 Å². The smallest absolute Gasteiger partial charge is 0.161 e. The molecule has 1 spiro atoms. The summed E-state index contributed by atoms with van der Waals surface area (Å²) in [5.74, 6) is 3.18. The van der Waals surface area contributed by atoms with E-state index in [9.17, 15) is 0 Å². The third kappa shape index (κ3) is 4.38. The van der Waals surface area contributed by atoms with E-state index in [0.29, 0.717) is 0 Å². The quantitative estimate of drug-likeness (QED) is 0.562. The molecule has 1 atom stereocenters. The molecule has 0 aromatic heterocycles. The Hall–Kier alpha value is -2.11. The average Bonchev–Trinajstić information content (AvgIpc) is 3.26. The second-order valence-electron chi connectivity index (χ2n) is 8.92. The fraction of sp³-hybridized carbons (Fsp3) is 0.538. The van der Waals surface area contributed by atoms with E-state index in [1.54, 1.807) is 28.4 Å². The van der Waals surface area contributed by atoms with Crippen molar-refractivity contribution in [2.75, 3.05) is 42.0 Å². The van der Waals surface area contributed by atoms with Crippen LogP contribution in [0.15, 0.2) is 30.3 Å². The van der Waals surface area contributed by atoms with Crippen LogP contribution in [0.4, 0.5) is 0 Å². The van der Waals surface area contributed by atoms with Gasteiger partial charge in [-0.1, -0.05) is 18.9 Å². The van der Waals surface area contributed by atoms with Crippen molar-refractivity contribution in [2.24, 2.45) is 0 Å². The normalized spacial score (nSPS) is 19.6. The number of fused-ring (bicyclic) bond motifs is 2. The van der Waals surface area contributed by atoms with Crippen LogP contribution in [0.25, 0.3) is 0 Å². The lowest BCUT2D eigenvalue weighted by molar-refractivity contribution is 0.232. The molecule has 0 saturated heterocycles. The molecule has 0 bridgehead atoms. The molecule has 1 heterocycles. The molecule has 176 valence electrons. The van der Waals surface area contributed by atoms with Crippen LogP contribution in [0.3, 0.4) is 0 Å². The minimum atomic E-state index is 0. The maximum Gasteiger partial charge on any atom is 0.161 e. The summed E-state index contributed by atoms with van der Waals surface area (Å²) in [6, 6.07) is 11.0. The topological polar surface area (TPSA) is 40.2 Å². The highest BCUT2D eigenvalue weighted by Gasteiger charge is 2.42. The molecule has 0 N–H and O–H groups in total. The monoisotopic (exact) mass is 461 g/mol. The van der Waals surface area contributed by atoms with Crippen LogP contribution in [0.1, 0.15) is 54.8 Å². The lowest BCUT2D eigenvalue weighted by Crippen LogP contribution is -2.27. The molecule has 4 rings (SSSR count). The summed E-state index contributed by atoms with van der Waals surface area (Å²) >= 11 is 0. The molecular formula is C26H36ClNO4. The predicted octanol–water partition coefficient (Wildman–Crippen LogP) is 5.57. The third-order valence-electron chi connectivity index (χ3n) is 7.40. The van der Waals surface area contributed by atoms with Gasteiger partial charge in [-0.25, -0.2) is 0 Å². The minimum absolute atomic E-state index is 0. The summed E-state index contributed by atoms with van der Waals surface area (Å²) < 4.78 is 22.4. The maximum atomic E-state index is 5.71. The van der Waals surface area contributed by atoms with Gasteiger partial charge in [0.15, 0.2) is 23.0 Å². The number of ether oxygens (including phenoxy) is 4. The summed E-state index contributed by atoms with van der Waals surface area (Å²) in [5, 5.41) is 0. The van der Waals surface area contributed by atoms with Crippen LogP contribution in [0, 0.1) is 0 Å². The fourth-order valence-corrected chi connectivity index (χ4v) is 5.62. The van der Waals surface area contributed by atoms with Gasteiger partial charge in [0.2, 0.25) is 0 Å². The minimum Gasteiger partial charge on any atom is -0.493 e. The van der Waals surface area contributed by atoms with Crippen molar-refractivity contribution >= 4 is 12.4 Å². The van der Waals surface area contributed by atoms with Crippen LogP contribution in [-0.2, 0) is 11.8 Å². The van der Waals surface area contributed by atoms with Crippen LogP contribution >= 0.6 is 12.4 Å². The Labute approximate surface area is 198 Å². The summed E-state index contributed by atoms with van der Waals surface area (Å²) in [7, 11) is 9.07. The van der Waals surface area contributed by atoms with Gasteiger partial charge in [0.1, 0.15) is 0 Å². The molecule has 6 heteroatoms. The Morgan fingerprint density at radius 1 is 0.812 bits per heavy atom. The first kappa shape index (κ1) is 24.5. The second kappa shape index (κ2) is 10.2. The zero-order valence-corrected chi connectivity index (χ0v) is 20.7. The highest BCUT2D eigenvalue weighted by Crippen LogP contribution is 2.51. The maximum absolute atomic E-state index is 5.71. The molecule has 0 amide bonds. The van der Waals surface area contributed by atoms with E-state index < -0.39 is 0 Å². The number of hydrogen-bond acceptors (Lipinski definition) is 5. The SMILES string of the molecule is COc1ccc(CC2c3cc(OC)c(OC)cc3C3(CCCC3)CCN2C)cc1OC.Cl. The first-order valence-corrected chi connectivity index (χ1v) is 11.2. The van der Waals surface area contributed by atoms with Crippen molar-refractivity contribution in [2.45, 2.75) is 50.0 Å². The van der Waals surface area contributed by atoms with Crippen LogP contribution in [0.5, 0.6) is 23.0 Å². The Bertz CT molecular complexity index is 926. The number of rotatable bonds is 6. The van der Waals surface area contributed by atoms with E-state index in [4.69, 9.17) is 18.9 Å². The van der Waals surface area contributed by atoms with Gasteiger partial charge in [-0.05, 0) is 85.6 Å². The van der Waals surface area contributed by atoms with Gasteiger partial charge in [0.25, 0.3) is 0 Å². The van der Waals surface area contributed by atoms with Gasteiger partial charge in [0, 0.05) is 6.04 Å². The summed E-state index contributed by atoms with van der Waals surface area (Å²) in [6.07, 6.45) is 7.21. The summed E-state index contributed by atoms with van der Waals surface area (Å²) in [4.78, 5) is 2.51. The van der Waals surface area contributed by atoms with Crippen molar-refractivity contribution in [1.82, 2.24) is 4.90 Å². The lowest BCUT2D eigenvalue weighted by atomic mass is 9.73. The Morgan fingerprint density at radius 2 is 1.41 bits per heavy atom. The van der Waals surface area contributed by atoms with E-state index in [2.05, 4.69) is 36.2 Å². The molecule has 2 aromatic rings. The summed E-state index contributed by atoms with van der Waals surface area (Å²) in [5.41, 5.74) is 4.31. The summed E-state index contributed by atoms with van der Waals surface area (Å²) in [6.45, 7) is 1.08.